The average molecular weight is 891 g/mol. The molecule has 2 atom stereocenters. The van der Waals surface area contributed by atoms with Crippen molar-refractivity contribution in [3.63, 3.8) is 0 Å². The first kappa shape index (κ1) is 61.6. The molecule has 63 heavy (non-hydrogen) atoms. The predicted octanol–water partition coefficient (Wildman–Crippen LogP) is 17.3. The first-order valence-corrected chi connectivity index (χ1v) is 28.4. The molecule has 0 bridgehead atoms. The van der Waals surface area contributed by atoms with E-state index in [2.05, 4.69) is 31.3 Å². The summed E-state index contributed by atoms with van der Waals surface area (Å²) < 4.78 is 5.45. The van der Waals surface area contributed by atoms with Crippen LogP contribution in [0.1, 0.15) is 316 Å². The lowest BCUT2D eigenvalue weighted by atomic mass is 10.0. The Labute approximate surface area is 393 Å². The van der Waals surface area contributed by atoms with Crippen LogP contribution in [-0.2, 0) is 14.3 Å². The lowest BCUT2D eigenvalue weighted by molar-refractivity contribution is -0.143. The highest BCUT2D eigenvalue weighted by Crippen LogP contribution is 2.18. The molecule has 0 saturated carbocycles. The number of esters is 1. The van der Waals surface area contributed by atoms with E-state index in [4.69, 9.17) is 4.74 Å². The van der Waals surface area contributed by atoms with Crippen molar-refractivity contribution in [2.24, 2.45) is 0 Å². The van der Waals surface area contributed by atoms with E-state index < -0.39 is 12.1 Å². The van der Waals surface area contributed by atoms with Crippen LogP contribution < -0.4 is 5.32 Å². The van der Waals surface area contributed by atoms with E-state index in [-0.39, 0.29) is 18.5 Å². The molecule has 1 amide bonds. The number of allylic oxidation sites excluding steroid dienone is 2. The zero-order chi connectivity index (χ0) is 45.8. The minimum Gasteiger partial charge on any atom is -0.466 e. The fourth-order valence-electron chi connectivity index (χ4n) is 8.92. The standard InChI is InChI=1S/C57H111NO5/c1-3-5-7-9-11-13-15-16-17-18-19-20-23-26-30-33-37-41-45-49-55(60)54(53-59)58-56(61)50-46-42-38-34-31-27-24-21-22-25-28-32-36-40-44-48-52-63-57(62)51-47-43-39-35-29-14-12-10-8-6-4-2/h10,12,54-55,59-60H,3-9,11,13-53H2,1-2H3,(H,58,61)/b12-10-. The molecule has 0 aliphatic rings. The number of carbonyl (C=O) groups excluding carboxylic acids is 2. The molecule has 0 aromatic carbocycles. The molecule has 0 aliphatic heterocycles. The molecule has 0 heterocycles. The quantitative estimate of drug-likeness (QED) is 0.0321. The zero-order valence-corrected chi connectivity index (χ0v) is 42.6. The van der Waals surface area contributed by atoms with Crippen LogP contribution in [0.25, 0.3) is 0 Å². The highest BCUT2D eigenvalue weighted by molar-refractivity contribution is 5.76. The first-order valence-electron chi connectivity index (χ1n) is 28.4. The third-order valence-electron chi connectivity index (χ3n) is 13.3. The van der Waals surface area contributed by atoms with E-state index >= 15 is 0 Å². The van der Waals surface area contributed by atoms with Crippen LogP contribution in [0.5, 0.6) is 0 Å². The largest absolute Gasteiger partial charge is 0.466 e. The second-order valence-corrected chi connectivity index (χ2v) is 19.6. The summed E-state index contributed by atoms with van der Waals surface area (Å²) in [6.07, 6.45) is 61.9. The zero-order valence-electron chi connectivity index (χ0n) is 42.6. The number of aliphatic hydroxyl groups is 2. The van der Waals surface area contributed by atoms with Crippen molar-refractivity contribution in [1.82, 2.24) is 5.32 Å². The molecule has 0 aromatic heterocycles. The summed E-state index contributed by atoms with van der Waals surface area (Å²) in [6, 6.07) is -0.546. The van der Waals surface area contributed by atoms with E-state index in [0.29, 0.717) is 25.9 Å². The van der Waals surface area contributed by atoms with Gasteiger partial charge in [0, 0.05) is 12.8 Å². The maximum atomic E-state index is 12.5. The number of unbranched alkanes of at least 4 members (excludes halogenated alkanes) is 40. The summed E-state index contributed by atoms with van der Waals surface area (Å²) >= 11 is 0. The van der Waals surface area contributed by atoms with Crippen molar-refractivity contribution in [2.75, 3.05) is 13.2 Å². The van der Waals surface area contributed by atoms with Gasteiger partial charge in [-0.25, -0.2) is 0 Å². The fourth-order valence-corrected chi connectivity index (χ4v) is 8.92. The van der Waals surface area contributed by atoms with E-state index in [1.165, 1.54) is 238 Å². The van der Waals surface area contributed by atoms with Crippen LogP contribution in [0, 0.1) is 0 Å². The molecule has 6 heteroatoms. The van der Waals surface area contributed by atoms with Gasteiger partial charge >= 0.3 is 5.97 Å². The molecule has 0 saturated heterocycles. The molecule has 374 valence electrons. The number of carbonyl (C=O) groups is 2. The molecular formula is C57H111NO5. The van der Waals surface area contributed by atoms with E-state index in [1.807, 2.05) is 0 Å². The fraction of sp³-hybridized carbons (Fsp3) is 0.930. The number of hydrogen-bond acceptors (Lipinski definition) is 5. The van der Waals surface area contributed by atoms with Crippen molar-refractivity contribution in [3.05, 3.63) is 12.2 Å². The Morgan fingerprint density at radius 3 is 1.17 bits per heavy atom. The van der Waals surface area contributed by atoms with E-state index in [9.17, 15) is 19.8 Å². The summed E-state index contributed by atoms with van der Waals surface area (Å²) in [6.45, 7) is 4.92. The summed E-state index contributed by atoms with van der Waals surface area (Å²) in [5.41, 5.74) is 0. The molecule has 0 aromatic rings. The molecule has 3 N–H and O–H groups in total. The second-order valence-electron chi connectivity index (χ2n) is 19.6. The average Bonchev–Trinajstić information content (AvgIpc) is 3.28. The Balaban J connectivity index is 3.43. The lowest BCUT2D eigenvalue weighted by Gasteiger charge is -2.22. The van der Waals surface area contributed by atoms with Gasteiger partial charge in [0.1, 0.15) is 0 Å². The van der Waals surface area contributed by atoms with Gasteiger partial charge in [0.25, 0.3) is 0 Å². The Hall–Kier alpha value is -1.40. The summed E-state index contributed by atoms with van der Waals surface area (Å²) in [5.74, 6) is -0.0464. The van der Waals surface area contributed by atoms with Crippen molar-refractivity contribution in [3.8, 4) is 0 Å². The molecule has 0 spiro atoms. The second kappa shape index (κ2) is 53.2. The highest BCUT2D eigenvalue weighted by Gasteiger charge is 2.20. The van der Waals surface area contributed by atoms with Gasteiger partial charge in [-0.05, 0) is 44.9 Å². The Morgan fingerprint density at radius 2 is 0.762 bits per heavy atom. The minimum absolute atomic E-state index is 0.00725. The number of nitrogens with one attached hydrogen (secondary N) is 1. The summed E-state index contributed by atoms with van der Waals surface area (Å²) in [4.78, 5) is 24.5. The van der Waals surface area contributed by atoms with Gasteiger partial charge in [-0.3, -0.25) is 9.59 Å². The first-order chi connectivity index (χ1) is 31.0. The van der Waals surface area contributed by atoms with Crippen LogP contribution in [0.2, 0.25) is 0 Å². The van der Waals surface area contributed by atoms with Crippen LogP contribution in [0.15, 0.2) is 12.2 Å². The van der Waals surface area contributed by atoms with Gasteiger partial charge in [-0.15, -0.1) is 0 Å². The molecule has 0 radical (unpaired) electrons. The van der Waals surface area contributed by atoms with Gasteiger partial charge in [-0.1, -0.05) is 270 Å². The summed E-state index contributed by atoms with van der Waals surface area (Å²) in [7, 11) is 0. The topological polar surface area (TPSA) is 95.9 Å². The predicted molar refractivity (Wildman–Crippen MR) is 273 cm³/mol. The monoisotopic (exact) mass is 890 g/mol. The van der Waals surface area contributed by atoms with Crippen LogP contribution >= 0.6 is 0 Å². The number of hydrogen-bond donors (Lipinski definition) is 3. The number of amides is 1. The Morgan fingerprint density at radius 1 is 0.429 bits per heavy atom. The van der Waals surface area contributed by atoms with Crippen molar-refractivity contribution < 1.29 is 24.5 Å². The van der Waals surface area contributed by atoms with Crippen molar-refractivity contribution in [1.29, 1.82) is 0 Å². The maximum absolute atomic E-state index is 12.5. The van der Waals surface area contributed by atoms with Crippen molar-refractivity contribution >= 4 is 11.9 Å². The van der Waals surface area contributed by atoms with E-state index in [0.717, 1.165) is 44.9 Å². The normalized spacial score (nSPS) is 12.6. The molecule has 2 unspecified atom stereocenters. The lowest BCUT2D eigenvalue weighted by Crippen LogP contribution is -2.45. The Bertz CT molecular complexity index is 939. The maximum Gasteiger partial charge on any atom is 0.305 e. The number of rotatable bonds is 53. The smallest absolute Gasteiger partial charge is 0.305 e. The van der Waals surface area contributed by atoms with Crippen LogP contribution in [0.4, 0.5) is 0 Å². The Kier molecular flexibility index (Phi) is 52.0. The van der Waals surface area contributed by atoms with Gasteiger partial charge in [0.05, 0.1) is 25.4 Å². The third-order valence-corrected chi connectivity index (χ3v) is 13.3. The third kappa shape index (κ3) is 49.9. The minimum atomic E-state index is -0.669. The number of ether oxygens (including phenoxy) is 1. The van der Waals surface area contributed by atoms with Crippen molar-refractivity contribution in [2.45, 2.75) is 328 Å². The number of aliphatic hydroxyl groups excluding tert-OH is 2. The van der Waals surface area contributed by atoms with Gasteiger partial charge in [0.15, 0.2) is 0 Å². The highest BCUT2D eigenvalue weighted by atomic mass is 16.5. The summed E-state index contributed by atoms with van der Waals surface area (Å²) in [5, 5.41) is 23.3. The molecular weight excluding hydrogens is 779 g/mol. The van der Waals surface area contributed by atoms with Gasteiger partial charge in [-0.2, -0.15) is 0 Å². The van der Waals surface area contributed by atoms with Gasteiger partial charge in [0.2, 0.25) is 5.91 Å². The molecule has 0 fully saturated rings. The SMILES string of the molecule is CCCC/C=C\CCCCCCCC(=O)OCCCCCCCCCCCCCCCCCCC(=O)NC(CO)C(O)CCCCCCCCCCCCCCCCCCCCC. The van der Waals surface area contributed by atoms with E-state index in [1.54, 1.807) is 0 Å². The van der Waals surface area contributed by atoms with Gasteiger partial charge < -0.3 is 20.3 Å². The van der Waals surface area contributed by atoms with Crippen LogP contribution in [-0.4, -0.2) is 47.4 Å². The van der Waals surface area contributed by atoms with Crippen LogP contribution in [0.3, 0.4) is 0 Å². The molecule has 0 aliphatic carbocycles. The molecule has 6 nitrogen and oxygen atoms in total. The molecule has 0 rings (SSSR count).